The number of aromatic nitrogens is 2. The fourth-order valence-corrected chi connectivity index (χ4v) is 3.63. The molecule has 0 bridgehead atoms. The number of nitrogens with zero attached hydrogens (tertiary/aromatic N) is 6. The van der Waals surface area contributed by atoms with Crippen molar-refractivity contribution in [2.45, 2.75) is 19.9 Å². The van der Waals surface area contributed by atoms with E-state index in [4.69, 9.17) is 10.6 Å². The van der Waals surface area contributed by atoms with Crippen LogP contribution < -0.4 is 15.9 Å². The summed E-state index contributed by atoms with van der Waals surface area (Å²) in [7, 11) is 0. The summed E-state index contributed by atoms with van der Waals surface area (Å²) in [6.45, 7) is 1.80. The van der Waals surface area contributed by atoms with Crippen molar-refractivity contribution < 1.29 is 22.9 Å². The molecule has 0 unspecified atom stereocenters. The molecule has 0 saturated carbocycles. The van der Waals surface area contributed by atoms with Crippen LogP contribution in [0.25, 0.3) is 0 Å². The molecule has 0 amide bonds. The van der Waals surface area contributed by atoms with Crippen LogP contribution in [0.3, 0.4) is 0 Å². The Morgan fingerprint density at radius 3 is 2.62 bits per heavy atom. The van der Waals surface area contributed by atoms with E-state index in [9.17, 15) is 18.1 Å². The molecule has 34 heavy (non-hydrogen) atoms. The second kappa shape index (κ2) is 10.0. The summed E-state index contributed by atoms with van der Waals surface area (Å²) < 4.78 is 46.0. The molecular weight excluding hydrogens is 451 g/mol. The minimum absolute atomic E-state index is 0.0573. The SMILES string of the molecule is CCOC(=O)c1cnc(N2CCc3ccccc32)nc1N(N)N(Cc1ccc(F)cc1)N(F)F. The Morgan fingerprint density at radius 2 is 1.91 bits per heavy atom. The van der Waals surface area contributed by atoms with Gasteiger partial charge in [-0.15, -0.1) is 0 Å². The summed E-state index contributed by atoms with van der Waals surface area (Å²) in [5.41, 5.74) is 0.875. The minimum Gasteiger partial charge on any atom is -0.462 e. The highest BCUT2D eigenvalue weighted by Gasteiger charge is 2.30. The third-order valence-corrected chi connectivity index (χ3v) is 5.26. The number of esters is 1. The van der Waals surface area contributed by atoms with Gasteiger partial charge in [0.2, 0.25) is 5.95 Å². The number of fused-ring (bicyclic) bond motifs is 1. The first-order valence-electron chi connectivity index (χ1n) is 10.5. The quantitative estimate of drug-likeness (QED) is 0.228. The van der Waals surface area contributed by atoms with E-state index in [1.54, 1.807) is 6.92 Å². The van der Waals surface area contributed by atoms with Gasteiger partial charge in [-0.1, -0.05) is 44.4 Å². The normalized spacial score (nSPS) is 12.9. The fourth-order valence-electron chi connectivity index (χ4n) is 3.63. The zero-order chi connectivity index (χ0) is 24.2. The number of anilines is 3. The van der Waals surface area contributed by atoms with E-state index >= 15 is 0 Å². The van der Waals surface area contributed by atoms with Crippen LogP contribution in [0.2, 0.25) is 0 Å². The number of ether oxygens (including phenoxy) is 1. The monoisotopic (exact) mass is 473 g/mol. The van der Waals surface area contributed by atoms with E-state index in [1.807, 2.05) is 29.2 Å². The number of hydrogen-bond acceptors (Lipinski definition) is 9. The average molecular weight is 473 g/mol. The van der Waals surface area contributed by atoms with Crippen molar-refractivity contribution in [1.82, 2.24) is 20.5 Å². The Kier molecular flexibility index (Phi) is 6.91. The van der Waals surface area contributed by atoms with Crippen molar-refractivity contribution in [3.05, 3.63) is 77.2 Å². The molecule has 12 heteroatoms. The van der Waals surface area contributed by atoms with E-state index in [2.05, 4.69) is 9.97 Å². The summed E-state index contributed by atoms with van der Waals surface area (Å²) in [6.07, 6.45) is 1.95. The largest absolute Gasteiger partial charge is 0.462 e. The summed E-state index contributed by atoms with van der Waals surface area (Å²) >= 11 is 0. The Morgan fingerprint density at radius 1 is 1.18 bits per heavy atom. The lowest BCUT2D eigenvalue weighted by Crippen LogP contribution is -2.52. The minimum atomic E-state index is -1.24. The number of carbonyl (C=O) groups excluding carboxylic acids is 1. The van der Waals surface area contributed by atoms with E-state index in [0.717, 1.165) is 29.8 Å². The van der Waals surface area contributed by atoms with Crippen LogP contribution in [0.15, 0.2) is 54.7 Å². The van der Waals surface area contributed by atoms with Gasteiger partial charge in [-0.3, -0.25) is 0 Å². The molecule has 3 aromatic rings. The molecule has 4 rings (SSSR count). The lowest BCUT2D eigenvalue weighted by atomic mass is 10.2. The molecule has 0 atom stereocenters. The second-order valence-electron chi connectivity index (χ2n) is 7.37. The maximum atomic E-state index is 13.9. The molecule has 0 radical (unpaired) electrons. The van der Waals surface area contributed by atoms with Gasteiger partial charge in [0.1, 0.15) is 16.8 Å². The van der Waals surface area contributed by atoms with Crippen LogP contribution in [0.5, 0.6) is 0 Å². The zero-order valence-electron chi connectivity index (χ0n) is 18.2. The van der Waals surface area contributed by atoms with E-state index in [0.29, 0.717) is 22.3 Å². The molecule has 1 aromatic heterocycles. The van der Waals surface area contributed by atoms with Crippen LogP contribution in [-0.4, -0.2) is 39.7 Å². The van der Waals surface area contributed by atoms with Gasteiger partial charge in [-0.25, -0.2) is 25.1 Å². The number of benzene rings is 2. The van der Waals surface area contributed by atoms with Gasteiger partial charge < -0.3 is 9.64 Å². The smallest absolute Gasteiger partial charge is 0.343 e. The molecule has 0 fully saturated rings. The number of halogens is 3. The highest BCUT2D eigenvalue weighted by atomic mass is 19.4. The predicted octanol–water partition coefficient (Wildman–Crippen LogP) is 3.57. The third kappa shape index (κ3) is 4.78. The van der Waals surface area contributed by atoms with Crippen molar-refractivity contribution in [2.24, 2.45) is 5.84 Å². The summed E-state index contributed by atoms with van der Waals surface area (Å²) in [5, 5.41) is 0.892. The first-order chi connectivity index (χ1) is 16.4. The number of hydrazine groups is 3. The standard InChI is InChI=1S/C22H22F3N7O2/c1-2-34-21(33)18-13-27-22(29-12-11-16-5-3-4-6-19(16)29)28-20(18)31(26)30(32(24)25)14-15-7-9-17(23)10-8-15/h3-10,13H,2,11-12,14,26H2,1H3. The van der Waals surface area contributed by atoms with Gasteiger partial charge in [-0.05, 0) is 42.7 Å². The summed E-state index contributed by atoms with van der Waals surface area (Å²) in [5.74, 6) is 4.65. The molecule has 0 spiro atoms. The molecule has 1 aliphatic heterocycles. The van der Waals surface area contributed by atoms with Gasteiger partial charge in [0, 0.05) is 18.4 Å². The molecule has 2 heterocycles. The molecule has 1 aliphatic rings. The zero-order valence-corrected chi connectivity index (χ0v) is 18.2. The summed E-state index contributed by atoms with van der Waals surface area (Å²) in [6, 6.07) is 12.7. The van der Waals surface area contributed by atoms with Crippen LogP contribution >= 0.6 is 0 Å². The number of carbonyl (C=O) groups is 1. The number of nitrogens with two attached hydrogens (primary N) is 1. The Labute approximate surface area is 193 Å². The lowest BCUT2D eigenvalue weighted by Gasteiger charge is -2.31. The van der Waals surface area contributed by atoms with E-state index in [1.165, 1.54) is 18.3 Å². The maximum absolute atomic E-state index is 13.9. The molecule has 0 aliphatic carbocycles. The Bertz CT molecular complexity index is 1160. The van der Waals surface area contributed by atoms with Crippen LogP contribution in [-0.2, 0) is 17.7 Å². The van der Waals surface area contributed by atoms with Crippen molar-refractivity contribution in [1.29, 1.82) is 0 Å². The topological polar surface area (TPSA) is 91.1 Å². The number of para-hydroxylation sites is 1. The van der Waals surface area contributed by atoms with Crippen LogP contribution in [0, 0.1) is 5.82 Å². The first-order valence-corrected chi connectivity index (χ1v) is 10.5. The van der Waals surface area contributed by atoms with Gasteiger partial charge >= 0.3 is 5.97 Å². The highest BCUT2D eigenvalue weighted by Crippen LogP contribution is 2.33. The molecular formula is C22H22F3N7O2. The Hall–Kier alpha value is -3.74. The number of rotatable bonds is 8. The van der Waals surface area contributed by atoms with E-state index in [-0.39, 0.29) is 23.9 Å². The van der Waals surface area contributed by atoms with Gasteiger partial charge in [0.05, 0.1) is 13.2 Å². The summed E-state index contributed by atoms with van der Waals surface area (Å²) in [4.78, 5) is 23.0. The van der Waals surface area contributed by atoms with E-state index < -0.39 is 23.8 Å². The fraction of sp³-hybridized carbons (Fsp3) is 0.227. The molecule has 0 saturated heterocycles. The lowest BCUT2D eigenvalue weighted by molar-refractivity contribution is -0.310. The van der Waals surface area contributed by atoms with Crippen molar-refractivity contribution in [2.75, 3.05) is 23.2 Å². The second-order valence-corrected chi connectivity index (χ2v) is 7.37. The van der Waals surface area contributed by atoms with Crippen LogP contribution in [0.1, 0.15) is 28.4 Å². The van der Waals surface area contributed by atoms with Crippen molar-refractivity contribution in [3.63, 3.8) is 0 Å². The Balaban J connectivity index is 1.72. The third-order valence-electron chi connectivity index (χ3n) is 5.26. The van der Waals surface area contributed by atoms with Crippen molar-refractivity contribution in [3.8, 4) is 0 Å². The molecule has 178 valence electrons. The van der Waals surface area contributed by atoms with Gasteiger partial charge in [0.25, 0.3) is 0 Å². The maximum Gasteiger partial charge on any atom is 0.343 e. The number of hydrogen-bond donors (Lipinski definition) is 1. The molecule has 2 N–H and O–H groups in total. The molecule has 9 nitrogen and oxygen atoms in total. The predicted molar refractivity (Wildman–Crippen MR) is 118 cm³/mol. The van der Waals surface area contributed by atoms with Gasteiger partial charge in [0.15, 0.2) is 5.82 Å². The average Bonchev–Trinajstić information content (AvgIpc) is 3.27. The highest BCUT2D eigenvalue weighted by molar-refractivity contribution is 5.94. The van der Waals surface area contributed by atoms with Gasteiger partial charge in [-0.2, -0.15) is 4.98 Å². The van der Waals surface area contributed by atoms with Crippen LogP contribution in [0.4, 0.5) is 30.8 Å². The first kappa shape index (κ1) is 23.4. The molecule has 2 aromatic carbocycles. The van der Waals surface area contributed by atoms with Crippen molar-refractivity contribution >= 4 is 23.4 Å².